The van der Waals surface area contributed by atoms with Crippen molar-refractivity contribution in [3.05, 3.63) is 0 Å². The van der Waals surface area contributed by atoms with E-state index in [-0.39, 0.29) is 13.1 Å². The van der Waals surface area contributed by atoms with Gasteiger partial charge in [0.15, 0.2) is 0 Å². The Kier molecular flexibility index (Phi) is 2.67. The summed E-state index contributed by atoms with van der Waals surface area (Å²) in [5.41, 5.74) is 0. The number of aliphatic hydroxyl groups excluding tert-OH is 1. The van der Waals surface area contributed by atoms with E-state index in [0.29, 0.717) is 0 Å². The van der Waals surface area contributed by atoms with Crippen molar-refractivity contribution in [2.45, 2.75) is 12.3 Å². The summed E-state index contributed by atoms with van der Waals surface area (Å²) in [4.78, 5) is 0. The van der Waals surface area contributed by atoms with E-state index in [2.05, 4.69) is 0 Å². The molecule has 1 saturated heterocycles. The molecule has 0 aromatic rings. The van der Waals surface area contributed by atoms with E-state index in [9.17, 15) is 12.8 Å². The summed E-state index contributed by atoms with van der Waals surface area (Å²) in [6, 6.07) is 0. The van der Waals surface area contributed by atoms with Gasteiger partial charge in [0.25, 0.3) is 10.2 Å². The molecule has 1 fully saturated rings. The second-order valence-electron chi connectivity index (χ2n) is 2.61. The van der Waals surface area contributed by atoms with Gasteiger partial charge in [-0.05, 0) is 0 Å². The van der Waals surface area contributed by atoms with Crippen LogP contribution in [0.1, 0.15) is 0 Å². The van der Waals surface area contributed by atoms with Crippen LogP contribution in [0.25, 0.3) is 0 Å². The van der Waals surface area contributed by atoms with Crippen molar-refractivity contribution < 1.29 is 17.9 Å². The zero-order valence-corrected chi connectivity index (χ0v) is 7.38. The SMILES string of the molecule is CNS(=O)(=O)N1C[C@@H](O)[C@H](F)C1. The maximum Gasteiger partial charge on any atom is 0.279 e. The molecule has 0 unspecified atom stereocenters. The van der Waals surface area contributed by atoms with Crippen LogP contribution in [-0.4, -0.2) is 50.2 Å². The van der Waals surface area contributed by atoms with Crippen LogP contribution >= 0.6 is 0 Å². The standard InChI is InChI=1S/C5H11FN2O3S/c1-7-12(10,11)8-2-4(6)5(9)3-8/h4-5,7,9H,2-3H2,1H3/t4-,5-/m1/s1. The van der Waals surface area contributed by atoms with Gasteiger partial charge < -0.3 is 5.11 Å². The molecule has 7 heteroatoms. The van der Waals surface area contributed by atoms with E-state index < -0.39 is 22.5 Å². The average Bonchev–Trinajstić information content (AvgIpc) is 2.33. The fourth-order valence-electron chi connectivity index (χ4n) is 1.04. The quantitative estimate of drug-likeness (QED) is 0.565. The summed E-state index contributed by atoms with van der Waals surface area (Å²) in [5, 5.41) is 8.92. The second kappa shape index (κ2) is 3.25. The minimum Gasteiger partial charge on any atom is -0.389 e. The molecule has 2 N–H and O–H groups in total. The lowest BCUT2D eigenvalue weighted by atomic mass is 10.3. The number of aliphatic hydroxyl groups is 1. The van der Waals surface area contributed by atoms with Gasteiger partial charge in [-0.1, -0.05) is 0 Å². The zero-order valence-electron chi connectivity index (χ0n) is 6.57. The Balaban J connectivity index is 2.70. The van der Waals surface area contributed by atoms with E-state index in [4.69, 9.17) is 5.11 Å². The monoisotopic (exact) mass is 198 g/mol. The Morgan fingerprint density at radius 3 is 2.50 bits per heavy atom. The van der Waals surface area contributed by atoms with Crippen molar-refractivity contribution in [3.63, 3.8) is 0 Å². The zero-order chi connectivity index (χ0) is 9.35. The third-order valence-corrected chi connectivity index (χ3v) is 3.28. The Morgan fingerprint density at radius 2 is 2.17 bits per heavy atom. The van der Waals surface area contributed by atoms with Crippen molar-refractivity contribution in [2.24, 2.45) is 0 Å². The van der Waals surface area contributed by atoms with Crippen molar-refractivity contribution in [1.82, 2.24) is 9.03 Å². The molecular formula is C5H11FN2O3S. The van der Waals surface area contributed by atoms with Gasteiger partial charge in [0.05, 0.1) is 0 Å². The molecule has 1 rings (SSSR count). The highest BCUT2D eigenvalue weighted by Crippen LogP contribution is 2.15. The minimum atomic E-state index is -3.58. The first-order valence-electron chi connectivity index (χ1n) is 3.48. The minimum absolute atomic E-state index is 0.176. The number of rotatable bonds is 2. The molecule has 12 heavy (non-hydrogen) atoms. The van der Waals surface area contributed by atoms with Crippen molar-refractivity contribution in [3.8, 4) is 0 Å². The predicted molar refractivity (Wildman–Crippen MR) is 40.5 cm³/mol. The average molecular weight is 198 g/mol. The molecule has 1 aliphatic rings. The number of β-amino-alcohol motifs (C(OH)–C–C–N with tert-alkyl or cyclic N) is 1. The molecule has 5 nitrogen and oxygen atoms in total. The number of hydrogen-bond donors (Lipinski definition) is 2. The first-order chi connectivity index (χ1) is 5.47. The normalized spacial score (nSPS) is 32.6. The highest BCUT2D eigenvalue weighted by atomic mass is 32.2. The maximum absolute atomic E-state index is 12.6. The molecule has 0 spiro atoms. The van der Waals surface area contributed by atoms with E-state index in [1.165, 1.54) is 7.05 Å². The summed E-state index contributed by atoms with van der Waals surface area (Å²) in [6.45, 7) is -0.450. The van der Waals surface area contributed by atoms with Gasteiger partial charge in [-0.25, -0.2) is 9.11 Å². The fraction of sp³-hybridized carbons (Fsp3) is 1.00. The van der Waals surface area contributed by atoms with Crippen LogP contribution in [0.15, 0.2) is 0 Å². The van der Waals surface area contributed by atoms with Gasteiger partial charge in [-0.2, -0.15) is 12.7 Å². The van der Waals surface area contributed by atoms with E-state index in [0.717, 1.165) is 4.31 Å². The molecule has 0 aromatic heterocycles. The molecule has 0 aliphatic carbocycles. The predicted octanol–water partition coefficient (Wildman–Crippen LogP) is -1.53. The van der Waals surface area contributed by atoms with E-state index in [1.807, 2.05) is 4.72 Å². The summed E-state index contributed by atoms with van der Waals surface area (Å²) >= 11 is 0. The third-order valence-electron chi connectivity index (χ3n) is 1.78. The molecular weight excluding hydrogens is 187 g/mol. The van der Waals surface area contributed by atoms with E-state index >= 15 is 0 Å². The largest absolute Gasteiger partial charge is 0.389 e. The highest BCUT2D eigenvalue weighted by molar-refractivity contribution is 7.87. The Hall–Kier alpha value is -0.240. The van der Waals surface area contributed by atoms with Crippen LogP contribution in [0, 0.1) is 0 Å². The molecule has 1 aliphatic heterocycles. The van der Waals surface area contributed by atoms with Crippen molar-refractivity contribution in [2.75, 3.05) is 20.1 Å². The van der Waals surface area contributed by atoms with Crippen LogP contribution < -0.4 is 4.72 Å². The molecule has 0 bridgehead atoms. The summed E-state index contributed by atoms with van der Waals surface area (Å²) in [5.74, 6) is 0. The van der Waals surface area contributed by atoms with Gasteiger partial charge >= 0.3 is 0 Å². The Bertz CT molecular complexity index is 245. The van der Waals surface area contributed by atoms with Gasteiger partial charge in [-0.15, -0.1) is 0 Å². The van der Waals surface area contributed by atoms with Crippen molar-refractivity contribution >= 4 is 10.2 Å². The lowest BCUT2D eigenvalue weighted by molar-refractivity contribution is 0.117. The summed E-state index contributed by atoms with van der Waals surface area (Å²) in [7, 11) is -2.34. The van der Waals surface area contributed by atoms with Crippen LogP contribution in [0.5, 0.6) is 0 Å². The summed E-state index contributed by atoms with van der Waals surface area (Å²) < 4.78 is 37.6. The first kappa shape index (κ1) is 9.85. The van der Waals surface area contributed by atoms with E-state index in [1.54, 1.807) is 0 Å². The van der Waals surface area contributed by atoms with Crippen LogP contribution in [-0.2, 0) is 10.2 Å². The smallest absolute Gasteiger partial charge is 0.279 e. The summed E-state index contributed by atoms with van der Waals surface area (Å²) in [6.07, 6.45) is -2.68. The molecule has 72 valence electrons. The number of nitrogens with one attached hydrogen (secondary N) is 1. The van der Waals surface area contributed by atoms with Gasteiger partial charge in [0.1, 0.15) is 12.3 Å². The highest BCUT2D eigenvalue weighted by Gasteiger charge is 2.37. The number of alkyl halides is 1. The molecule has 0 aromatic carbocycles. The maximum atomic E-state index is 12.6. The van der Waals surface area contributed by atoms with Crippen LogP contribution in [0.2, 0.25) is 0 Å². The molecule has 1 heterocycles. The number of hydrogen-bond acceptors (Lipinski definition) is 3. The lowest BCUT2D eigenvalue weighted by Gasteiger charge is -2.13. The molecule has 0 saturated carbocycles. The van der Waals surface area contributed by atoms with Crippen LogP contribution in [0.4, 0.5) is 4.39 Å². The number of halogens is 1. The Morgan fingerprint density at radius 1 is 1.58 bits per heavy atom. The molecule has 0 amide bonds. The van der Waals surface area contributed by atoms with Crippen LogP contribution in [0.3, 0.4) is 0 Å². The first-order valence-corrected chi connectivity index (χ1v) is 4.92. The fourth-order valence-corrected chi connectivity index (χ4v) is 1.98. The topological polar surface area (TPSA) is 69.6 Å². The van der Waals surface area contributed by atoms with Gasteiger partial charge in [0.2, 0.25) is 0 Å². The third kappa shape index (κ3) is 1.74. The second-order valence-corrected chi connectivity index (χ2v) is 4.48. The Labute approximate surface area is 70.4 Å². The number of nitrogens with zero attached hydrogens (tertiary/aromatic N) is 1. The molecule has 0 radical (unpaired) electrons. The van der Waals surface area contributed by atoms with Gasteiger partial charge in [0, 0.05) is 20.1 Å². The molecule has 2 atom stereocenters. The van der Waals surface area contributed by atoms with Crippen molar-refractivity contribution in [1.29, 1.82) is 0 Å². The lowest BCUT2D eigenvalue weighted by Crippen LogP contribution is -2.37. The van der Waals surface area contributed by atoms with Gasteiger partial charge in [-0.3, -0.25) is 0 Å².